The number of methoxy groups -OCH3 is 1. The summed E-state index contributed by atoms with van der Waals surface area (Å²) >= 11 is 6.05. The molecule has 0 unspecified atom stereocenters. The standard InChI is InChI=1S/C19H22ClNO5S/c1-13-9-14(2)11-16(10-13)26-8-7-21(3)27(23,24)18-12-15(19(22)25-4)5-6-17(18)20/h5-6,9-12H,7-8H2,1-4H3. The molecule has 0 N–H and O–H groups in total. The highest BCUT2D eigenvalue weighted by molar-refractivity contribution is 7.89. The lowest BCUT2D eigenvalue weighted by Crippen LogP contribution is -2.31. The number of ether oxygens (including phenoxy) is 2. The van der Waals surface area contributed by atoms with Crippen LogP contribution in [0.25, 0.3) is 0 Å². The normalized spacial score (nSPS) is 11.5. The molecule has 0 heterocycles. The van der Waals surface area contributed by atoms with Crippen LogP contribution in [0.3, 0.4) is 0 Å². The zero-order valence-corrected chi connectivity index (χ0v) is 17.2. The highest BCUT2D eigenvalue weighted by Crippen LogP contribution is 2.25. The summed E-state index contributed by atoms with van der Waals surface area (Å²) in [7, 11) is -1.24. The molecule has 27 heavy (non-hydrogen) atoms. The third-order valence-electron chi connectivity index (χ3n) is 3.91. The topological polar surface area (TPSA) is 72.9 Å². The van der Waals surface area contributed by atoms with Gasteiger partial charge in [0.25, 0.3) is 0 Å². The lowest BCUT2D eigenvalue weighted by Gasteiger charge is -2.19. The first-order valence-electron chi connectivity index (χ1n) is 8.20. The zero-order valence-electron chi connectivity index (χ0n) is 15.7. The number of carbonyl (C=O) groups excluding carboxylic acids is 1. The van der Waals surface area contributed by atoms with E-state index in [0.717, 1.165) is 15.4 Å². The van der Waals surface area contributed by atoms with Crippen LogP contribution in [0.1, 0.15) is 21.5 Å². The van der Waals surface area contributed by atoms with E-state index in [4.69, 9.17) is 16.3 Å². The van der Waals surface area contributed by atoms with Crippen molar-refractivity contribution in [2.75, 3.05) is 27.3 Å². The van der Waals surface area contributed by atoms with Crippen LogP contribution in [-0.2, 0) is 14.8 Å². The molecule has 0 aliphatic carbocycles. The minimum Gasteiger partial charge on any atom is -0.492 e. The summed E-state index contributed by atoms with van der Waals surface area (Å²) in [5, 5.41) is 0.0322. The van der Waals surface area contributed by atoms with Crippen LogP contribution >= 0.6 is 11.6 Å². The molecule has 0 fully saturated rings. The first-order valence-corrected chi connectivity index (χ1v) is 10.0. The Morgan fingerprint density at radius 1 is 1.11 bits per heavy atom. The van der Waals surface area contributed by atoms with Crippen LogP contribution < -0.4 is 4.74 Å². The predicted octanol–water partition coefficient (Wildman–Crippen LogP) is 3.44. The minimum absolute atomic E-state index is 0.0322. The SMILES string of the molecule is COC(=O)c1ccc(Cl)c(S(=O)(=O)N(C)CCOc2cc(C)cc(C)c2)c1. The van der Waals surface area contributed by atoms with Crippen LogP contribution in [0.4, 0.5) is 0 Å². The van der Waals surface area contributed by atoms with Gasteiger partial charge in [0, 0.05) is 13.6 Å². The molecule has 0 aliphatic rings. The van der Waals surface area contributed by atoms with E-state index in [-0.39, 0.29) is 28.6 Å². The van der Waals surface area contributed by atoms with Crippen molar-refractivity contribution < 1.29 is 22.7 Å². The van der Waals surface area contributed by atoms with Crippen LogP contribution in [0.15, 0.2) is 41.3 Å². The average molecular weight is 412 g/mol. The number of likely N-dealkylation sites (N-methyl/N-ethyl adjacent to an activating group) is 1. The van der Waals surface area contributed by atoms with Crippen molar-refractivity contribution in [3.05, 3.63) is 58.1 Å². The lowest BCUT2D eigenvalue weighted by atomic mass is 10.1. The van der Waals surface area contributed by atoms with Gasteiger partial charge in [0.1, 0.15) is 17.3 Å². The van der Waals surface area contributed by atoms with Gasteiger partial charge < -0.3 is 9.47 Å². The quantitative estimate of drug-likeness (QED) is 0.652. The van der Waals surface area contributed by atoms with Gasteiger partial charge in [-0.15, -0.1) is 0 Å². The third-order valence-corrected chi connectivity index (χ3v) is 6.25. The van der Waals surface area contributed by atoms with Gasteiger partial charge in [-0.05, 0) is 55.3 Å². The van der Waals surface area contributed by atoms with E-state index < -0.39 is 16.0 Å². The van der Waals surface area contributed by atoms with E-state index in [9.17, 15) is 13.2 Å². The summed E-state index contributed by atoms with van der Waals surface area (Å²) in [5.41, 5.74) is 2.25. The molecule has 8 heteroatoms. The highest BCUT2D eigenvalue weighted by atomic mass is 35.5. The van der Waals surface area contributed by atoms with Gasteiger partial charge in [-0.2, -0.15) is 4.31 Å². The molecule has 0 spiro atoms. The molecule has 0 saturated carbocycles. The van der Waals surface area contributed by atoms with Crippen LogP contribution in [0, 0.1) is 13.8 Å². The molecular weight excluding hydrogens is 390 g/mol. The minimum atomic E-state index is -3.89. The Morgan fingerprint density at radius 3 is 2.33 bits per heavy atom. The highest BCUT2D eigenvalue weighted by Gasteiger charge is 2.25. The Morgan fingerprint density at radius 2 is 1.74 bits per heavy atom. The number of carbonyl (C=O) groups is 1. The number of hydrogen-bond acceptors (Lipinski definition) is 5. The number of nitrogens with zero attached hydrogens (tertiary/aromatic N) is 1. The summed E-state index contributed by atoms with van der Waals surface area (Å²) in [5.74, 6) is 0.0490. The molecule has 0 radical (unpaired) electrons. The Bertz CT molecular complexity index is 923. The predicted molar refractivity (Wildman–Crippen MR) is 104 cm³/mol. The van der Waals surface area contributed by atoms with Gasteiger partial charge in [-0.1, -0.05) is 17.7 Å². The van der Waals surface area contributed by atoms with Crippen molar-refractivity contribution >= 4 is 27.6 Å². The van der Waals surface area contributed by atoms with Gasteiger partial charge in [0.15, 0.2) is 0 Å². The Balaban J connectivity index is 2.13. The summed E-state index contributed by atoms with van der Waals surface area (Å²) in [6.07, 6.45) is 0. The Kier molecular flexibility index (Phi) is 6.86. The largest absolute Gasteiger partial charge is 0.492 e. The van der Waals surface area contributed by atoms with Gasteiger partial charge in [0.2, 0.25) is 10.0 Å². The van der Waals surface area contributed by atoms with Crippen molar-refractivity contribution in [2.45, 2.75) is 18.7 Å². The van der Waals surface area contributed by atoms with Gasteiger partial charge in [-0.25, -0.2) is 13.2 Å². The van der Waals surface area contributed by atoms with E-state index in [1.54, 1.807) is 0 Å². The Labute approximate surface area is 164 Å². The van der Waals surface area contributed by atoms with Crippen molar-refractivity contribution in [3.63, 3.8) is 0 Å². The second-order valence-corrected chi connectivity index (χ2v) is 8.56. The molecule has 146 valence electrons. The molecule has 6 nitrogen and oxygen atoms in total. The number of aryl methyl sites for hydroxylation is 2. The molecule has 0 aliphatic heterocycles. The lowest BCUT2D eigenvalue weighted by molar-refractivity contribution is 0.0600. The van der Waals surface area contributed by atoms with E-state index >= 15 is 0 Å². The molecule has 2 aromatic rings. The molecule has 0 saturated heterocycles. The van der Waals surface area contributed by atoms with Crippen LogP contribution in [0.5, 0.6) is 5.75 Å². The van der Waals surface area contributed by atoms with E-state index in [1.807, 2.05) is 32.0 Å². The molecule has 2 rings (SSSR count). The maximum Gasteiger partial charge on any atom is 0.337 e. The first kappa shape index (κ1) is 21.2. The number of halogens is 1. The molecule has 0 bridgehead atoms. The fourth-order valence-corrected chi connectivity index (χ4v) is 4.19. The number of sulfonamides is 1. The fourth-order valence-electron chi connectivity index (χ4n) is 2.54. The number of benzene rings is 2. The zero-order chi connectivity index (χ0) is 20.2. The molecule has 0 amide bonds. The number of esters is 1. The summed E-state index contributed by atoms with van der Waals surface area (Å²) < 4.78 is 37.0. The maximum atomic E-state index is 12.8. The van der Waals surface area contributed by atoms with Crippen molar-refractivity contribution in [2.24, 2.45) is 0 Å². The van der Waals surface area contributed by atoms with Gasteiger partial charge >= 0.3 is 5.97 Å². The van der Waals surface area contributed by atoms with E-state index in [1.165, 1.54) is 32.4 Å². The second kappa shape index (κ2) is 8.73. The van der Waals surface area contributed by atoms with Gasteiger partial charge in [-0.3, -0.25) is 0 Å². The second-order valence-electron chi connectivity index (χ2n) is 6.14. The maximum absolute atomic E-state index is 12.8. The van der Waals surface area contributed by atoms with Crippen molar-refractivity contribution in [3.8, 4) is 5.75 Å². The van der Waals surface area contributed by atoms with Crippen molar-refractivity contribution in [1.82, 2.24) is 4.31 Å². The van der Waals surface area contributed by atoms with E-state index in [0.29, 0.717) is 5.75 Å². The average Bonchev–Trinajstić information content (AvgIpc) is 2.60. The molecular formula is C19H22ClNO5S. The summed E-state index contributed by atoms with van der Waals surface area (Å²) in [6.45, 7) is 4.22. The smallest absolute Gasteiger partial charge is 0.337 e. The Hall–Kier alpha value is -2.09. The van der Waals surface area contributed by atoms with Crippen LogP contribution in [-0.4, -0.2) is 46.0 Å². The molecule has 0 aromatic heterocycles. The summed E-state index contributed by atoms with van der Waals surface area (Å²) in [4.78, 5) is 11.5. The number of hydrogen-bond donors (Lipinski definition) is 0. The molecule has 2 aromatic carbocycles. The van der Waals surface area contributed by atoms with Crippen molar-refractivity contribution in [1.29, 1.82) is 0 Å². The molecule has 0 atom stereocenters. The monoisotopic (exact) mass is 411 g/mol. The summed E-state index contributed by atoms with van der Waals surface area (Å²) in [6, 6.07) is 9.79. The number of rotatable bonds is 7. The van der Waals surface area contributed by atoms with E-state index in [2.05, 4.69) is 4.74 Å². The first-order chi connectivity index (χ1) is 12.6. The fraction of sp³-hybridized carbons (Fsp3) is 0.316. The van der Waals surface area contributed by atoms with Gasteiger partial charge in [0.05, 0.1) is 17.7 Å². The van der Waals surface area contributed by atoms with Crippen LogP contribution in [0.2, 0.25) is 5.02 Å². The third kappa shape index (κ3) is 5.22.